The summed E-state index contributed by atoms with van der Waals surface area (Å²) >= 11 is 0. The first kappa shape index (κ1) is 15.3. The van der Waals surface area contributed by atoms with E-state index in [1.54, 1.807) is 6.92 Å². The Kier molecular flexibility index (Phi) is 4.71. The standard InChI is InChI=1S/C16H26O4/c1-3-5-6-7-8-9-10-15-11-16(15,13(17)19-4-2)14(18)20-12-15/h3-12H2,1-2H3/t15-,16-/m1/s1. The molecule has 0 aromatic carbocycles. The number of unbranched alkanes of at least 4 members (excludes halogenated alkanes) is 5. The van der Waals surface area contributed by atoms with Gasteiger partial charge in [0.05, 0.1) is 13.2 Å². The van der Waals surface area contributed by atoms with Gasteiger partial charge in [-0.25, -0.2) is 0 Å². The summed E-state index contributed by atoms with van der Waals surface area (Å²) in [7, 11) is 0. The van der Waals surface area contributed by atoms with Crippen molar-refractivity contribution in [2.45, 2.75) is 65.2 Å². The van der Waals surface area contributed by atoms with Crippen LogP contribution in [0.25, 0.3) is 0 Å². The van der Waals surface area contributed by atoms with Gasteiger partial charge in [-0.15, -0.1) is 0 Å². The molecule has 2 rings (SSSR count). The van der Waals surface area contributed by atoms with E-state index < -0.39 is 5.41 Å². The van der Waals surface area contributed by atoms with Gasteiger partial charge in [0.15, 0.2) is 5.41 Å². The van der Waals surface area contributed by atoms with Crippen LogP contribution in [-0.4, -0.2) is 25.2 Å². The van der Waals surface area contributed by atoms with Crippen molar-refractivity contribution in [2.75, 3.05) is 13.2 Å². The van der Waals surface area contributed by atoms with Gasteiger partial charge < -0.3 is 9.47 Å². The number of fused-ring (bicyclic) bond motifs is 1. The summed E-state index contributed by atoms with van der Waals surface area (Å²) in [6.45, 7) is 4.70. The number of cyclic esters (lactones) is 1. The van der Waals surface area contributed by atoms with Crippen molar-refractivity contribution in [2.24, 2.45) is 10.8 Å². The number of rotatable bonds is 9. The molecule has 0 spiro atoms. The topological polar surface area (TPSA) is 52.6 Å². The van der Waals surface area contributed by atoms with Crippen molar-refractivity contribution in [3.8, 4) is 0 Å². The molecule has 114 valence electrons. The quantitative estimate of drug-likeness (QED) is 0.370. The normalized spacial score (nSPS) is 30.8. The lowest BCUT2D eigenvalue weighted by Gasteiger charge is -2.12. The summed E-state index contributed by atoms with van der Waals surface area (Å²) in [5, 5.41) is 0. The largest absolute Gasteiger partial charge is 0.465 e. The molecule has 1 aliphatic carbocycles. The SMILES string of the molecule is CCCCCCCC[C@@]12COC(=O)[C@]1(C(=O)OCC)C2. The van der Waals surface area contributed by atoms with Crippen LogP contribution in [0, 0.1) is 10.8 Å². The molecular formula is C16H26O4. The summed E-state index contributed by atoms with van der Waals surface area (Å²) in [5.74, 6) is -0.726. The maximum atomic E-state index is 12.1. The molecule has 4 heteroatoms. The number of hydrogen-bond donors (Lipinski definition) is 0. The number of carbonyl (C=O) groups is 2. The van der Waals surface area contributed by atoms with E-state index in [0.717, 1.165) is 12.8 Å². The van der Waals surface area contributed by atoms with Gasteiger partial charge in [0, 0.05) is 5.41 Å². The Morgan fingerprint density at radius 3 is 2.60 bits per heavy atom. The molecule has 1 heterocycles. The zero-order valence-corrected chi connectivity index (χ0v) is 12.7. The van der Waals surface area contributed by atoms with Gasteiger partial charge in [-0.1, -0.05) is 45.4 Å². The number of ether oxygens (including phenoxy) is 2. The zero-order valence-electron chi connectivity index (χ0n) is 12.7. The predicted molar refractivity (Wildman–Crippen MR) is 75.1 cm³/mol. The first-order valence-electron chi connectivity index (χ1n) is 7.97. The molecule has 1 saturated heterocycles. The van der Waals surface area contributed by atoms with E-state index in [0.29, 0.717) is 19.6 Å². The van der Waals surface area contributed by atoms with Crippen molar-refractivity contribution >= 4 is 11.9 Å². The van der Waals surface area contributed by atoms with E-state index in [1.165, 1.54) is 32.1 Å². The molecule has 0 aromatic rings. The monoisotopic (exact) mass is 282 g/mol. The van der Waals surface area contributed by atoms with Crippen LogP contribution in [0.4, 0.5) is 0 Å². The Hall–Kier alpha value is -1.06. The maximum Gasteiger partial charge on any atom is 0.324 e. The fourth-order valence-corrected chi connectivity index (χ4v) is 3.50. The summed E-state index contributed by atoms with van der Waals surface area (Å²) in [4.78, 5) is 24.0. The van der Waals surface area contributed by atoms with E-state index >= 15 is 0 Å². The van der Waals surface area contributed by atoms with Crippen molar-refractivity contribution in [1.29, 1.82) is 0 Å². The van der Waals surface area contributed by atoms with Gasteiger partial charge in [0.25, 0.3) is 0 Å². The highest BCUT2D eigenvalue weighted by Crippen LogP contribution is 2.71. The number of esters is 2. The van der Waals surface area contributed by atoms with Crippen LogP contribution in [0.2, 0.25) is 0 Å². The lowest BCUT2D eigenvalue weighted by atomic mass is 9.90. The average molecular weight is 282 g/mol. The first-order valence-corrected chi connectivity index (χ1v) is 7.97. The number of hydrogen-bond acceptors (Lipinski definition) is 4. The summed E-state index contributed by atoms with van der Waals surface area (Å²) < 4.78 is 10.2. The van der Waals surface area contributed by atoms with E-state index in [2.05, 4.69) is 6.92 Å². The molecule has 2 fully saturated rings. The van der Waals surface area contributed by atoms with Gasteiger partial charge in [-0.2, -0.15) is 0 Å². The zero-order chi connectivity index (χ0) is 14.6. The van der Waals surface area contributed by atoms with Gasteiger partial charge in [0.2, 0.25) is 0 Å². The highest BCUT2D eigenvalue weighted by atomic mass is 16.6. The third-order valence-electron chi connectivity index (χ3n) is 4.84. The molecule has 2 atom stereocenters. The third-order valence-corrected chi connectivity index (χ3v) is 4.84. The van der Waals surface area contributed by atoms with E-state index in [-0.39, 0.29) is 17.4 Å². The van der Waals surface area contributed by atoms with Gasteiger partial charge in [-0.05, 0) is 19.8 Å². The molecule has 1 saturated carbocycles. The highest BCUT2D eigenvalue weighted by Gasteiger charge is 2.81. The van der Waals surface area contributed by atoms with Crippen molar-refractivity contribution < 1.29 is 19.1 Å². The van der Waals surface area contributed by atoms with Crippen molar-refractivity contribution in [3.63, 3.8) is 0 Å². The second-order valence-electron chi connectivity index (χ2n) is 6.18. The lowest BCUT2D eigenvalue weighted by Crippen LogP contribution is -2.29. The molecule has 4 nitrogen and oxygen atoms in total. The van der Waals surface area contributed by atoms with E-state index in [9.17, 15) is 9.59 Å². The van der Waals surface area contributed by atoms with Gasteiger partial charge in [-0.3, -0.25) is 9.59 Å². The second kappa shape index (κ2) is 6.15. The summed E-state index contributed by atoms with van der Waals surface area (Å²) in [5.41, 5.74) is -1.20. The first-order chi connectivity index (χ1) is 9.63. The van der Waals surface area contributed by atoms with Crippen LogP contribution < -0.4 is 0 Å². The molecule has 2 aliphatic rings. The van der Waals surface area contributed by atoms with Crippen LogP contribution in [-0.2, 0) is 19.1 Å². The molecule has 0 unspecified atom stereocenters. The molecule has 0 radical (unpaired) electrons. The fraction of sp³-hybridized carbons (Fsp3) is 0.875. The van der Waals surface area contributed by atoms with Gasteiger partial charge >= 0.3 is 11.9 Å². The lowest BCUT2D eigenvalue weighted by molar-refractivity contribution is -0.160. The minimum atomic E-state index is -0.952. The Morgan fingerprint density at radius 2 is 1.90 bits per heavy atom. The smallest absolute Gasteiger partial charge is 0.324 e. The van der Waals surface area contributed by atoms with Crippen molar-refractivity contribution in [3.05, 3.63) is 0 Å². The van der Waals surface area contributed by atoms with Crippen molar-refractivity contribution in [1.82, 2.24) is 0 Å². The molecule has 0 bridgehead atoms. The fourth-order valence-electron chi connectivity index (χ4n) is 3.50. The van der Waals surface area contributed by atoms with Crippen LogP contribution >= 0.6 is 0 Å². The second-order valence-corrected chi connectivity index (χ2v) is 6.18. The Labute approximate surface area is 121 Å². The Morgan fingerprint density at radius 1 is 1.20 bits per heavy atom. The minimum absolute atomic E-state index is 0.249. The Balaban J connectivity index is 1.82. The summed E-state index contributed by atoms with van der Waals surface area (Å²) in [6.07, 6.45) is 8.84. The van der Waals surface area contributed by atoms with E-state index in [1.807, 2.05) is 0 Å². The van der Waals surface area contributed by atoms with Crippen LogP contribution in [0.15, 0.2) is 0 Å². The number of carbonyl (C=O) groups excluding carboxylic acids is 2. The summed E-state index contributed by atoms with van der Waals surface area (Å²) in [6, 6.07) is 0. The predicted octanol–water partition coefficient (Wildman–Crippen LogP) is 3.23. The minimum Gasteiger partial charge on any atom is -0.465 e. The molecular weight excluding hydrogens is 256 g/mol. The molecule has 1 aliphatic heterocycles. The maximum absolute atomic E-state index is 12.1. The van der Waals surface area contributed by atoms with Crippen LogP contribution in [0.5, 0.6) is 0 Å². The third kappa shape index (κ3) is 2.45. The van der Waals surface area contributed by atoms with Crippen LogP contribution in [0.3, 0.4) is 0 Å². The molecule has 0 N–H and O–H groups in total. The van der Waals surface area contributed by atoms with Crippen LogP contribution in [0.1, 0.15) is 65.2 Å². The van der Waals surface area contributed by atoms with Gasteiger partial charge in [0.1, 0.15) is 0 Å². The molecule has 0 aromatic heterocycles. The van der Waals surface area contributed by atoms with E-state index in [4.69, 9.17) is 9.47 Å². The average Bonchev–Trinajstić information content (AvgIpc) is 3.03. The highest BCUT2D eigenvalue weighted by molar-refractivity contribution is 6.06. The molecule has 0 amide bonds. The molecule has 20 heavy (non-hydrogen) atoms. The Bertz CT molecular complexity index is 379.